The average Bonchev–Trinajstić information content (AvgIpc) is 2.85. The molecule has 3 nitrogen and oxygen atoms in total. The first-order valence-corrected chi connectivity index (χ1v) is 7.07. The molecule has 1 heterocycles. The third kappa shape index (κ3) is 3.58. The Morgan fingerprint density at radius 2 is 2.21 bits per heavy atom. The Hall–Kier alpha value is -1.81. The maximum atomic E-state index is 12.1. The molecule has 0 fully saturated rings. The Labute approximate surface area is 116 Å². The van der Waals surface area contributed by atoms with Gasteiger partial charge in [0.2, 0.25) is 0 Å². The Balaban J connectivity index is 1.98. The van der Waals surface area contributed by atoms with Gasteiger partial charge in [-0.15, -0.1) is 11.3 Å². The highest BCUT2D eigenvalue weighted by Gasteiger charge is 2.11. The second-order valence-corrected chi connectivity index (χ2v) is 5.69. The lowest BCUT2D eigenvalue weighted by molar-refractivity contribution is 0.0940. The van der Waals surface area contributed by atoms with Gasteiger partial charge in [-0.25, -0.2) is 0 Å². The van der Waals surface area contributed by atoms with Crippen molar-refractivity contribution in [1.29, 1.82) is 0 Å². The minimum absolute atomic E-state index is 0.0836. The Morgan fingerprint density at radius 3 is 2.84 bits per heavy atom. The van der Waals surface area contributed by atoms with Crippen molar-refractivity contribution in [1.82, 2.24) is 5.32 Å². The Kier molecular flexibility index (Phi) is 4.22. The number of phenols is 1. The predicted molar refractivity (Wildman–Crippen MR) is 77.8 cm³/mol. The number of hydrogen-bond donors (Lipinski definition) is 2. The summed E-state index contributed by atoms with van der Waals surface area (Å²) in [6.45, 7) is 3.77. The third-order valence-corrected chi connectivity index (χ3v) is 3.82. The molecule has 4 heteroatoms. The van der Waals surface area contributed by atoms with Gasteiger partial charge in [0.1, 0.15) is 5.75 Å². The molecule has 2 aromatic rings. The lowest BCUT2D eigenvalue weighted by atomic mass is 10.1. The molecule has 0 aliphatic heterocycles. The third-order valence-electron chi connectivity index (χ3n) is 2.92. The molecule has 0 saturated carbocycles. The second kappa shape index (κ2) is 5.89. The first kappa shape index (κ1) is 13.6. The van der Waals surface area contributed by atoms with Crippen molar-refractivity contribution in [2.24, 2.45) is 0 Å². The fourth-order valence-corrected chi connectivity index (χ4v) is 2.72. The molecular weight excluding hydrogens is 258 g/mol. The number of thiophene rings is 1. The second-order valence-electron chi connectivity index (χ2n) is 4.66. The summed E-state index contributed by atoms with van der Waals surface area (Å²) < 4.78 is 0. The highest BCUT2D eigenvalue weighted by atomic mass is 32.1. The lowest BCUT2D eigenvalue weighted by Gasteiger charge is -2.13. The number of aromatic hydroxyl groups is 1. The number of carbonyl (C=O) groups excluding carboxylic acids is 1. The van der Waals surface area contributed by atoms with Crippen LogP contribution in [-0.4, -0.2) is 17.1 Å². The largest absolute Gasteiger partial charge is 0.508 e. The molecule has 0 saturated heterocycles. The van der Waals surface area contributed by atoms with E-state index in [4.69, 9.17) is 0 Å². The summed E-state index contributed by atoms with van der Waals surface area (Å²) >= 11 is 1.69. The first-order valence-electron chi connectivity index (χ1n) is 6.19. The predicted octanol–water partition coefficient (Wildman–Crippen LogP) is 3.12. The number of aryl methyl sites for hydroxylation is 1. The summed E-state index contributed by atoms with van der Waals surface area (Å²) in [5, 5.41) is 14.5. The number of hydrogen-bond acceptors (Lipinski definition) is 3. The van der Waals surface area contributed by atoms with Crippen LogP contribution in [0.4, 0.5) is 0 Å². The Bertz CT molecular complexity index is 564. The van der Waals surface area contributed by atoms with Crippen LogP contribution in [0.1, 0.15) is 27.7 Å². The van der Waals surface area contributed by atoms with Crippen molar-refractivity contribution < 1.29 is 9.90 Å². The van der Waals surface area contributed by atoms with Crippen molar-refractivity contribution in [2.75, 3.05) is 0 Å². The van der Waals surface area contributed by atoms with E-state index in [0.29, 0.717) is 11.1 Å². The van der Waals surface area contributed by atoms with Gasteiger partial charge >= 0.3 is 0 Å². The van der Waals surface area contributed by atoms with Gasteiger partial charge in [-0.3, -0.25) is 4.79 Å². The SMILES string of the molecule is Cc1cc(C(=O)NC(C)Cc2cccs2)ccc1O. The molecule has 1 unspecified atom stereocenters. The van der Waals surface area contributed by atoms with E-state index in [1.165, 1.54) is 4.88 Å². The van der Waals surface area contributed by atoms with Crippen LogP contribution in [0.5, 0.6) is 5.75 Å². The van der Waals surface area contributed by atoms with E-state index in [1.807, 2.05) is 18.4 Å². The van der Waals surface area contributed by atoms with Gasteiger partial charge in [0.15, 0.2) is 0 Å². The zero-order chi connectivity index (χ0) is 13.8. The molecule has 0 aliphatic rings. The van der Waals surface area contributed by atoms with Crippen LogP contribution in [-0.2, 0) is 6.42 Å². The normalized spacial score (nSPS) is 12.1. The van der Waals surface area contributed by atoms with Crippen LogP contribution in [0.3, 0.4) is 0 Å². The summed E-state index contributed by atoms with van der Waals surface area (Å²) in [6.07, 6.45) is 0.834. The monoisotopic (exact) mass is 275 g/mol. The fraction of sp³-hybridized carbons (Fsp3) is 0.267. The van der Waals surface area contributed by atoms with Gasteiger partial charge in [-0.2, -0.15) is 0 Å². The zero-order valence-electron chi connectivity index (χ0n) is 11.0. The molecule has 0 bridgehead atoms. The average molecular weight is 275 g/mol. The van der Waals surface area contributed by atoms with Gasteiger partial charge in [-0.1, -0.05) is 6.07 Å². The van der Waals surface area contributed by atoms with Gasteiger partial charge in [0, 0.05) is 22.9 Å². The molecule has 1 aromatic heterocycles. The number of benzene rings is 1. The number of rotatable bonds is 4. The molecule has 100 valence electrons. The molecular formula is C15H17NO2S. The Morgan fingerprint density at radius 1 is 1.42 bits per heavy atom. The molecule has 2 rings (SSSR count). The number of amides is 1. The standard InChI is InChI=1S/C15H17NO2S/c1-10-8-12(5-6-14(10)17)15(18)16-11(2)9-13-4-3-7-19-13/h3-8,11,17H,9H2,1-2H3,(H,16,18). The zero-order valence-corrected chi connectivity index (χ0v) is 11.8. The van der Waals surface area contributed by atoms with E-state index in [1.54, 1.807) is 36.5 Å². The van der Waals surface area contributed by atoms with Crippen LogP contribution in [0.15, 0.2) is 35.7 Å². The van der Waals surface area contributed by atoms with Gasteiger partial charge < -0.3 is 10.4 Å². The summed E-state index contributed by atoms with van der Waals surface area (Å²) in [5.74, 6) is 0.107. The van der Waals surface area contributed by atoms with Crippen molar-refractivity contribution in [3.63, 3.8) is 0 Å². The number of carbonyl (C=O) groups is 1. The molecule has 1 aromatic carbocycles. The summed E-state index contributed by atoms with van der Waals surface area (Å²) in [4.78, 5) is 13.3. The maximum absolute atomic E-state index is 12.1. The lowest BCUT2D eigenvalue weighted by Crippen LogP contribution is -2.33. The van der Waals surface area contributed by atoms with Crippen LogP contribution in [0.25, 0.3) is 0 Å². The van der Waals surface area contributed by atoms with Crippen molar-refractivity contribution in [3.05, 3.63) is 51.7 Å². The van der Waals surface area contributed by atoms with Crippen molar-refractivity contribution >= 4 is 17.2 Å². The molecule has 1 atom stereocenters. The fourth-order valence-electron chi connectivity index (χ4n) is 1.89. The summed E-state index contributed by atoms with van der Waals surface area (Å²) in [6, 6.07) is 9.04. The van der Waals surface area contributed by atoms with E-state index in [0.717, 1.165) is 6.42 Å². The highest BCUT2D eigenvalue weighted by Crippen LogP contribution is 2.17. The quantitative estimate of drug-likeness (QED) is 0.900. The molecule has 1 amide bonds. The molecule has 2 N–H and O–H groups in total. The van der Waals surface area contributed by atoms with Crippen LogP contribution < -0.4 is 5.32 Å². The van der Waals surface area contributed by atoms with E-state index < -0.39 is 0 Å². The smallest absolute Gasteiger partial charge is 0.251 e. The highest BCUT2D eigenvalue weighted by molar-refractivity contribution is 7.09. The molecule has 0 spiro atoms. The number of phenolic OH excluding ortho intramolecular Hbond substituents is 1. The van der Waals surface area contributed by atoms with Gasteiger partial charge in [0.25, 0.3) is 5.91 Å². The van der Waals surface area contributed by atoms with Crippen molar-refractivity contribution in [3.8, 4) is 5.75 Å². The molecule has 0 radical (unpaired) electrons. The van der Waals surface area contributed by atoms with Gasteiger partial charge in [-0.05, 0) is 49.1 Å². The molecule has 19 heavy (non-hydrogen) atoms. The minimum Gasteiger partial charge on any atom is -0.508 e. The number of nitrogens with one attached hydrogen (secondary N) is 1. The van der Waals surface area contributed by atoms with Crippen LogP contribution >= 0.6 is 11.3 Å². The van der Waals surface area contributed by atoms with E-state index >= 15 is 0 Å². The van der Waals surface area contributed by atoms with Crippen LogP contribution in [0, 0.1) is 6.92 Å². The molecule has 0 aliphatic carbocycles. The van der Waals surface area contributed by atoms with Gasteiger partial charge in [0.05, 0.1) is 0 Å². The minimum atomic E-state index is -0.104. The first-order chi connectivity index (χ1) is 9.06. The van der Waals surface area contributed by atoms with E-state index in [2.05, 4.69) is 11.4 Å². The van der Waals surface area contributed by atoms with Crippen LogP contribution in [0.2, 0.25) is 0 Å². The van der Waals surface area contributed by atoms with E-state index in [9.17, 15) is 9.90 Å². The summed E-state index contributed by atoms with van der Waals surface area (Å²) in [5.41, 5.74) is 1.28. The van der Waals surface area contributed by atoms with E-state index in [-0.39, 0.29) is 17.7 Å². The maximum Gasteiger partial charge on any atom is 0.251 e. The summed E-state index contributed by atoms with van der Waals surface area (Å²) in [7, 11) is 0. The topological polar surface area (TPSA) is 49.3 Å². The van der Waals surface area contributed by atoms with Crippen molar-refractivity contribution in [2.45, 2.75) is 26.3 Å².